The van der Waals surface area contributed by atoms with E-state index < -0.39 is 29.2 Å². The maximum atomic E-state index is 14.2. The number of aryl methyl sites for hydroxylation is 1. The second kappa shape index (κ2) is 8.02. The van der Waals surface area contributed by atoms with Gasteiger partial charge in [-0.1, -0.05) is 12.1 Å². The van der Waals surface area contributed by atoms with E-state index >= 15 is 0 Å². The monoisotopic (exact) mass is 459 g/mol. The summed E-state index contributed by atoms with van der Waals surface area (Å²) in [5.41, 5.74) is -0.872. The quantitative estimate of drug-likeness (QED) is 0.307. The molecule has 0 aromatic carbocycles. The van der Waals surface area contributed by atoms with Gasteiger partial charge in [0, 0.05) is 5.41 Å². The maximum absolute atomic E-state index is 14.2. The Labute approximate surface area is 185 Å². The summed E-state index contributed by atoms with van der Waals surface area (Å²) in [6.45, 7) is 5.03. The first-order valence-corrected chi connectivity index (χ1v) is 9.88. The molecule has 0 aliphatic carbocycles. The molecule has 0 unspecified atom stereocenters. The lowest BCUT2D eigenvalue weighted by molar-refractivity contribution is -0.140. The third-order valence-corrected chi connectivity index (χ3v) is 5.22. The molecular formula is C23H18F5N5. The fourth-order valence-corrected chi connectivity index (χ4v) is 3.46. The fourth-order valence-electron chi connectivity index (χ4n) is 3.46. The van der Waals surface area contributed by atoms with Gasteiger partial charge in [-0.3, -0.25) is 9.97 Å². The molecule has 0 saturated carbocycles. The average molecular weight is 459 g/mol. The molecule has 0 amide bonds. The third-order valence-electron chi connectivity index (χ3n) is 5.22. The van der Waals surface area contributed by atoms with Gasteiger partial charge in [0.05, 0.1) is 28.3 Å². The summed E-state index contributed by atoms with van der Waals surface area (Å²) in [4.78, 5) is 18.4. The molecule has 0 bridgehead atoms. The van der Waals surface area contributed by atoms with Crippen LogP contribution < -0.4 is 0 Å². The van der Waals surface area contributed by atoms with E-state index in [0.29, 0.717) is 11.4 Å². The number of rotatable bonds is 4. The van der Waals surface area contributed by atoms with Crippen molar-refractivity contribution in [1.29, 1.82) is 0 Å². The van der Waals surface area contributed by atoms with E-state index in [1.54, 1.807) is 44.2 Å². The largest absolute Gasteiger partial charge is 0.433 e. The minimum absolute atomic E-state index is 0.0255. The first-order valence-electron chi connectivity index (χ1n) is 9.88. The highest BCUT2D eigenvalue weighted by Gasteiger charge is 2.37. The number of aromatic nitrogens is 5. The van der Waals surface area contributed by atoms with Crippen molar-refractivity contribution >= 4 is 0 Å². The van der Waals surface area contributed by atoms with Crippen LogP contribution in [0.1, 0.15) is 36.8 Å². The number of nitrogens with zero attached hydrogens (tertiary/aromatic N) is 4. The zero-order valence-electron chi connectivity index (χ0n) is 17.8. The minimum atomic E-state index is -4.62. The van der Waals surface area contributed by atoms with E-state index in [4.69, 9.17) is 0 Å². The van der Waals surface area contributed by atoms with Gasteiger partial charge in [0.2, 0.25) is 11.9 Å². The van der Waals surface area contributed by atoms with Gasteiger partial charge in [-0.25, -0.2) is 4.98 Å². The SMILES string of the molecule is Cc1nc(-c2cccc(C(C)(C)c3cccc(-c4ccc(F)nc4F)n3)n2)c(C(F)(F)F)[nH]1. The molecule has 0 radical (unpaired) electrons. The van der Waals surface area contributed by atoms with Crippen LogP contribution in [0, 0.1) is 18.8 Å². The Balaban J connectivity index is 1.77. The van der Waals surface area contributed by atoms with Crippen LogP contribution in [0.25, 0.3) is 22.6 Å². The molecule has 33 heavy (non-hydrogen) atoms. The number of nitrogens with one attached hydrogen (secondary N) is 1. The number of pyridine rings is 3. The molecule has 10 heteroatoms. The molecule has 4 aromatic heterocycles. The van der Waals surface area contributed by atoms with Gasteiger partial charge in [-0.05, 0) is 57.2 Å². The van der Waals surface area contributed by atoms with Crippen molar-refractivity contribution < 1.29 is 22.0 Å². The molecule has 0 atom stereocenters. The van der Waals surface area contributed by atoms with Crippen LogP contribution in [0.2, 0.25) is 0 Å². The van der Waals surface area contributed by atoms with Crippen molar-refractivity contribution in [2.75, 3.05) is 0 Å². The molecular weight excluding hydrogens is 441 g/mol. The highest BCUT2D eigenvalue weighted by molar-refractivity contribution is 5.60. The van der Waals surface area contributed by atoms with Crippen LogP contribution in [0.5, 0.6) is 0 Å². The molecule has 0 fully saturated rings. The number of H-pyrrole nitrogens is 1. The molecule has 1 N–H and O–H groups in total. The Hall–Kier alpha value is -3.69. The zero-order valence-corrected chi connectivity index (χ0v) is 17.8. The molecule has 4 aromatic rings. The lowest BCUT2D eigenvalue weighted by atomic mass is 9.84. The lowest BCUT2D eigenvalue weighted by Gasteiger charge is -2.24. The van der Waals surface area contributed by atoms with Gasteiger partial charge in [-0.2, -0.15) is 26.9 Å². The standard InChI is InChI=1S/C23H18F5N5/c1-12-29-19(20(30-12)23(26,27)28)15-7-5-9-17(32-15)22(2,3)16-8-4-6-14(31-16)13-10-11-18(24)33-21(13)25/h4-11H,1-3H3,(H,29,30). The molecule has 0 aliphatic rings. The van der Waals surface area contributed by atoms with Crippen LogP contribution in [0.15, 0.2) is 48.5 Å². The predicted molar refractivity (Wildman–Crippen MR) is 111 cm³/mol. The van der Waals surface area contributed by atoms with Crippen molar-refractivity contribution in [2.24, 2.45) is 0 Å². The Morgan fingerprint density at radius 3 is 1.97 bits per heavy atom. The van der Waals surface area contributed by atoms with E-state index in [1.165, 1.54) is 19.1 Å². The maximum Gasteiger partial charge on any atom is 0.433 e. The van der Waals surface area contributed by atoms with Crippen LogP contribution in [0.4, 0.5) is 22.0 Å². The van der Waals surface area contributed by atoms with Crippen molar-refractivity contribution in [1.82, 2.24) is 24.9 Å². The topological polar surface area (TPSA) is 67.3 Å². The molecule has 5 nitrogen and oxygen atoms in total. The molecule has 4 rings (SSSR count). The summed E-state index contributed by atoms with van der Waals surface area (Å²) in [5, 5.41) is 0. The Kier molecular flexibility index (Phi) is 5.47. The molecule has 4 heterocycles. The van der Waals surface area contributed by atoms with Crippen molar-refractivity contribution in [3.63, 3.8) is 0 Å². The summed E-state index contributed by atoms with van der Waals surface area (Å²) in [7, 11) is 0. The third kappa shape index (κ3) is 4.33. The summed E-state index contributed by atoms with van der Waals surface area (Å²) < 4.78 is 67.7. The molecule has 170 valence electrons. The van der Waals surface area contributed by atoms with E-state index in [0.717, 1.165) is 6.07 Å². The first kappa shape index (κ1) is 22.5. The van der Waals surface area contributed by atoms with Crippen LogP contribution >= 0.6 is 0 Å². The van der Waals surface area contributed by atoms with Crippen molar-refractivity contribution in [3.8, 4) is 22.6 Å². The molecule has 0 spiro atoms. The van der Waals surface area contributed by atoms with Crippen LogP contribution in [-0.4, -0.2) is 24.9 Å². The highest BCUT2D eigenvalue weighted by Crippen LogP contribution is 2.36. The van der Waals surface area contributed by atoms with E-state index in [9.17, 15) is 22.0 Å². The minimum Gasteiger partial charge on any atom is -0.338 e. The van der Waals surface area contributed by atoms with Gasteiger partial charge in [0.25, 0.3) is 0 Å². The van der Waals surface area contributed by atoms with Gasteiger partial charge in [-0.15, -0.1) is 0 Å². The van der Waals surface area contributed by atoms with Gasteiger partial charge in [0.15, 0.2) is 0 Å². The summed E-state index contributed by atoms with van der Waals surface area (Å²) in [6.07, 6.45) is -4.62. The average Bonchev–Trinajstić information content (AvgIpc) is 3.16. The second-order valence-corrected chi connectivity index (χ2v) is 7.96. The smallest absolute Gasteiger partial charge is 0.338 e. The van der Waals surface area contributed by atoms with Crippen LogP contribution in [0.3, 0.4) is 0 Å². The number of hydrogen-bond acceptors (Lipinski definition) is 4. The summed E-state index contributed by atoms with van der Waals surface area (Å²) in [6, 6.07) is 11.9. The first-order chi connectivity index (χ1) is 15.5. The predicted octanol–water partition coefficient (Wildman–Crippen LogP) is 5.86. The van der Waals surface area contributed by atoms with Gasteiger partial charge >= 0.3 is 6.18 Å². The zero-order chi connectivity index (χ0) is 24.0. The van der Waals surface area contributed by atoms with Crippen LogP contribution in [-0.2, 0) is 11.6 Å². The summed E-state index contributed by atoms with van der Waals surface area (Å²) in [5.74, 6) is -1.82. The van der Waals surface area contributed by atoms with Crippen molar-refractivity contribution in [2.45, 2.75) is 32.4 Å². The number of alkyl halides is 3. The Morgan fingerprint density at radius 2 is 1.36 bits per heavy atom. The fraction of sp³-hybridized carbons (Fsp3) is 0.217. The number of halogens is 5. The van der Waals surface area contributed by atoms with Gasteiger partial charge < -0.3 is 4.98 Å². The summed E-state index contributed by atoms with van der Waals surface area (Å²) >= 11 is 0. The lowest BCUT2D eigenvalue weighted by Crippen LogP contribution is -2.22. The normalized spacial score (nSPS) is 12.2. The number of hydrogen-bond donors (Lipinski definition) is 1. The van der Waals surface area contributed by atoms with E-state index in [1.807, 2.05) is 0 Å². The Morgan fingerprint density at radius 1 is 0.758 bits per heavy atom. The van der Waals surface area contributed by atoms with E-state index in [-0.39, 0.29) is 28.5 Å². The Bertz CT molecular complexity index is 1330. The van der Waals surface area contributed by atoms with E-state index in [2.05, 4.69) is 24.9 Å². The molecule has 0 saturated heterocycles. The molecule has 0 aliphatic heterocycles. The number of aromatic amines is 1. The highest BCUT2D eigenvalue weighted by atomic mass is 19.4. The second-order valence-electron chi connectivity index (χ2n) is 7.96. The van der Waals surface area contributed by atoms with Crippen molar-refractivity contribution in [3.05, 3.63) is 83.3 Å². The number of imidazole rings is 1. The van der Waals surface area contributed by atoms with Gasteiger partial charge in [0.1, 0.15) is 17.2 Å².